The van der Waals surface area contributed by atoms with Crippen molar-refractivity contribution in [2.45, 2.75) is 11.4 Å². The van der Waals surface area contributed by atoms with Crippen molar-refractivity contribution in [3.05, 3.63) is 64.6 Å². The lowest BCUT2D eigenvalue weighted by Gasteiger charge is -2.23. The van der Waals surface area contributed by atoms with Crippen LogP contribution in [-0.2, 0) is 16.6 Å². The Balaban J connectivity index is 2.08. The highest BCUT2D eigenvalue weighted by Gasteiger charge is 2.26. The molecule has 23 heavy (non-hydrogen) atoms. The molecule has 1 aromatic carbocycles. The summed E-state index contributed by atoms with van der Waals surface area (Å²) in [6.45, 7) is 0.235. The molecule has 116 valence electrons. The Morgan fingerprint density at radius 2 is 2.17 bits per heavy atom. The molecule has 0 unspecified atom stereocenters. The van der Waals surface area contributed by atoms with Gasteiger partial charge in [0, 0.05) is 16.6 Å². The van der Waals surface area contributed by atoms with Crippen molar-refractivity contribution in [1.82, 2.24) is 10.2 Å². The maximum atomic E-state index is 12.9. The molecule has 7 heteroatoms. The minimum Gasteiger partial charge on any atom is -0.284 e. The van der Waals surface area contributed by atoms with Crippen LogP contribution in [0.15, 0.2) is 59.1 Å². The zero-order valence-corrected chi connectivity index (χ0v) is 13.6. The summed E-state index contributed by atoms with van der Waals surface area (Å²) in [5, 5.41) is 8.19. The number of thiophene rings is 1. The Hall–Kier alpha value is -2.56. The van der Waals surface area contributed by atoms with Crippen LogP contribution in [0.1, 0.15) is 10.4 Å². The fourth-order valence-electron chi connectivity index (χ4n) is 2.12. The second-order valence-electron chi connectivity index (χ2n) is 4.72. The highest BCUT2D eigenvalue weighted by atomic mass is 32.2. The lowest BCUT2D eigenvalue weighted by molar-refractivity contribution is 0.591. The number of sulfonamides is 1. The van der Waals surface area contributed by atoms with E-state index >= 15 is 0 Å². The molecular formula is C16H13N3O2S2. The minimum absolute atomic E-state index is 0.111. The summed E-state index contributed by atoms with van der Waals surface area (Å²) in [6.07, 6.45) is 8.08. The van der Waals surface area contributed by atoms with Gasteiger partial charge in [-0.3, -0.25) is 9.40 Å². The molecule has 0 radical (unpaired) electrons. The number of aromatic nitrogens is 2. The first-order chi connectivity index (χ1) is 11.1. The Bertz CT molecular complexity index is 924. The first-order valence-electron chi connectivity index (χ1n) is 6.72. The van der Waals surface area contributed by atoms with Crippen molar-refractivity contribution < 1.29 is 8.42 Å². The first-order valence-corrected chi connectivity index (χ1v) is 9.04. The van der Waals surface area contributed by atoms with E-state index in [-0.39, 0.29) is 11.4 Å². The SMILES string of the molecule is C#Cc1cccc(N(Cc2cccs2)S(=O)(=O)c2cn[nH]c2)c1. The number of hydrogen-bond acceptors (Lipinski definition) is 4. The highest BCUT2D eigenvalue weighted by molar-refractivity contribution is 7.92. The fourth-order valence-corrected chi connectivity index (χ4v) is 4.23. The van der Waals surface area contributed by atoms with E-state index in [0.717, 1.165) is 4.88 Å². The van der Waals surface area contributed by atoms with Gasteiger partial charge in [0.05, 0.1) is 18.4 Å². The van der Waals surface area contributed by atoms with Crippen molar-refractivity contribution >= 4 is 27.0 Å². The molecule has 3 aromatic rings. The second-order valence-corrected chi connectivity index (χ2v) is 7.61. The normalized spacial score (nSPS) is 11.1. The van der Waals surface area contributed by atoms with Crippen molar-refractivity contribution in [3.8, 4) is 12.3 Å². The van der Waals surface area contributed by atoms with E-state index in [1.54, 1.807) is 24.3 Å². The molecule has 5 nitrogen and oxygen atoms in total. The number of benzene rings is 1. The van der Waals surface area contributed by atoms with Gasteiger partial charge in [0.1, 0.15) is 4.90 Å². The average molecular weight is 343 g/mol. The standard InChI is InChI=1S/C16H13N3O2S2/c1-2-13-5-3-6-14(9-13)19(12-15-7-4-8-22-15)23(20,21)16-10-17-18-11-16/h1,3-11H,12H2,(H,17,18). The predicted molar refractivity (Wildman–Crippen MR) is 90.7 cm³/mol. The van der Waals surface area contributed by atoms with E-state index in [1.807, 2.05) is 17.5 Å². The van der Waals surface area contributed by atoms with Crippen LogP contribution in [0.2, 0.25) is 0 Å². The Morgan fingerprint density at radius 1 is 1.30 bits per heavy atom. The molecule has 0 saturated carbocycles. The van der Waals surface area contributed by atoms with Gasteiger partial charge >= 0.3 is 0 Å². The van der Waals surface area contributed by atoms with Crippen LogP contribution < -0.4 is 4.31 Å². The number of rotatable bonds is 5. The molecular weight excluding hydrogens is 330 g/mol. The summed E-state index contributed by atoms with van der Waals surface area (Å²) >= 11 is 1.50. The first kappa shape index (κ1) is 15.3. The third kappa shape index (κ3) is 3.13. The second kappa shape index (κ2) is 6.28. The number of nitrogens with one attached hydrogen (secondary N) is 1. The van der Waals surface area contributed by atoms with Gasteiger partial charge in [0.25, 0.3) is 10.0 Å². The molecule has 0 bridgehead atoms. The van der Waals surface area contributed by atoms with E-state index < -0.39 is 10.0 Å². The van der Waals surface area contributed by atoms with Crippen LogP contribution in [0.3, 0.4) is 0 Å². The van der Waals surface area contributed by atoms with Crippen molar-refractivity contribution in [2.24, 2.45) is 0 Å². The minimum atomic E-state index is -3.73. The largest absolute Gasteiger partial charge is 0.284 e. The number of H-pyrrole nitrogens is 1. The summed E-state index contributed by atoms with van der Waals surface area (Å²) in [5.74, 6) is 2.53. The monoisotopic (exact) mass is 343 g/mol. The lowest BCUT2D eigenvalue weighted by Crippen LogP contribution is -2.30. The van der Waals surface area contributed by atoms with Gasteiger partial charge in [0.15, 0.2) is 0 Å². The molecule has 0 saturated heterocycles. The van der Waals surface area contributed by atoms with Gasteiger partial charge in [-0.15, -0.1) is 17.8 Å². The van der Waals surface area contributed by atoms with Crippen LogP contribution >= 0.6 is 11.3 Å². The van der Waals surface area contributed by atoms with Gasteiger partial charge in [-0.25, -0.2) is 8.42 Å². The quantitative estimate of drug-likeness (QED) is 0.725. The molecule has 0 spiro atoms. The van der Waals surface area contributed by atoms with E-state index in [9.17, 15) is 8.42 Å². The average Bonchev–Trinajstić information content (AvgIpc) is 3.26. The number of aromatic amines is 1. The zero-order valence-electron chi connectivity index (χ0n) is 12.0. The van der Waals surface area contributed by atoms with Crippen molar-refractivity contribution in [1.29, 1.82) is 0 Å². The van der Waals surface area contributed by atoms with Crippen molar-refractivity contribution in [3.63, 3.8) is 0 Å². The predicted octanol–water partition coefficient (Wildman–Crippen LogP) is 2.85. The number of nitrogens with zero attached hydrogens (tertiary/aromatic N) is 2. The van der Waals surface area contributed by atoms with Gasteiger partial charge in [-0.1, -0.05) is 18.1 Å². The van der Waals surface area contributed by atoms with Gasteiger partial charge in [-0.05, 0) is 29.6 Å². The Morgan fingerprint density at radius 3 is 2.83 bits per heavy atom. The molecule has 2 aromatic heterocycles. The summed E-state index contributed by atoms with van der Waals surface area (Å²) in [6, 6.07) is 10.7. The van der Waals surface area contributed by atoms with Crippen molar-refractivity contribution in [2.75, 3.05) is 4.31 Å². The third-order valence-electron chi connectivity index (χ3n) is 3.24. The zero-order chi connectivity index (χ0) is 16.3. The lowest BCUT2D eigenvalue weighted by atomic mass is 10.2. The van der Waals surface area contributed by atoms with Crippen LogP contribution in [0, 0.1) is 12.3 Å². The third-order valence-corrected chi connectivity index (χ3v) is 5.84. The van der Waals surface area contributed by atoms with E-state index in [4.69, 9.17) is 6.42 Å². The molecule has 1 N–H and O–H groups in total. The molecule has 0 aliphatic rings. The maximum Gasteiger partial charge on any atom is 0.267 e. The summed E-state index contributed by atoms with van der Waals surface area (Å²) in [5.41, 5.74) is 1.15. The van der Waals surface area contributed by atoms with Crippen LogP contribution in [0.4, 0.5) is 5.69 Å². The van der Waals surface area contributed by atoms with Crippen LogP contribution in [0.5, 0.6) is 0 Å². The topological polar surface area (TPSA) is 66.1 Å². The van der Waals surface area contributed by atoms with Crippen LogP contribution in [0.25, 0.3) is 0 Å². The number of hydrogen-bond donors (Lipinski definition) is 1. The summed E-state index contributed by atoms with van der Waals surface area (Å²) < 4.78 is 27.2. The molecule has 0 atom stereocenters. The van der Waals surface area contributed by atoms with E-state index in [2.05, 4.69) is 16.1 Å². The molecule has 0 amide bonds. The van der Waals surface area contributed by atoms with Gasteiger partial charge in [-0.2, -0.15) is 5.10 Å². The van der Waals surface area contributed by atoms with Gasteiger partial charge in [0.2, 0.25) is 0 Å². The molecule has 0 fully saturated rings. The maximum absolute atomic E-state index is 12.9. The molecule has 0 aliphatic heterocycles. The van der Waals surface area contributed by atoms with E-state index in [1.165, 1.54) is 28.0 Å². The molecule has 2 heterocycles. The number of terminal acetylenes is 1. The summed E-state index contributed by atoms with van der Waals surface area (Å²) in [4.78, 5) is 1.04. The fraction of sp³-hybridized carbons (Fsp3) is 0.0625. The molecule has 0 aliphatic carbocycles. The smallest absolute Gasteiger partial charge is 0.267 e. The highest BCUT2D eigenvalue weighted by Crippen LogP contribution is 2.27. The summed E-state index contributed by atoms with van der Waals surface area (Å²) in [7, 11) is -3.73. The molecule has 3 rings (SSSR count). The Labute approximate surface area is 138 Å². The van der Waals surface area contributed by atoms with E-state index in [0.29, 0.717) is 11.3 Å². The Kier molecular flexibility index (Phi) is 4.19. The van der Waals surface area contributed by atoms with Gasteiger partial charge < -0.3 is 0 Å². The number of anilines is 1. The van der Waals surface area contributed by atoms with Crippen LogP contribution in [-0.4, -0.2) is 18.6 Å².